The maximum atomic E-state index is 8.87. The molecule has 1 aromatic carbocycles. The molecule has 0 aliphatic carbocycles. The Hall–Kier alpha value is -1.79. The minimum Gasteiger partial charge on any atom is -0.496 e. The maximum absolute atomic E-state index is 8.87. The largest absolute Gasteiger partial charge is 0.496 e. The van der Waals surface area contributed by atoms with Crippen molar-refractivity contribution in [2.45, 2.75) is 32.0 Å². The van der Waals surface area contributed by atoms with Crippen LogP contribution in [0.5, 0.6) is 5.75 Å². The predicted molar refractivity (Wildman–Crippen MR) is 80.8 cm³/mol. The van der Waals surface area contributed by atoms with Gasteiger partial charge in [-0.1, -0.05) is 11.2 Å². The number of hydrogen-bond donors (Lipinski definition) is 2. The van der Waals surface area contributed by atoms with E-state index in [4.69, 9.17) is 20.4 Å². The van der Waals surface area contributed by atoms with Crippen molar-refractivity contribution < 1.29 is 14.7 Å². The average Bonchev–Trinajstić information content (AvgIpc) is 2.92. The summed E-state index contributed by atoms with van der Waals surface area (Å²) in [6, 6.07) is 6.14. The standard InChI is InChI=1S/C15H23N3O3/c1-10-13(6-7-21-10)18(2)9-11-4-5-14(20-3)12(8-11)15(16)17-19/h4-5,8,10,13,19H,6-7,9H2,1-3H3,(H2,16,17). The first-order chi connectivity index (χ1) is 10.1. The van der Waals surface area contributed by atoms with Gasteiger partial charge in [-0.25, -0.2) is 0 Å². The first-order valence-electron chi connectivity index (χ1n) is 7.03. The van der Waals surface area contributed by atoms with Crippen LogP contribution in [-0.2, 0) is 11.3 Å². The van der Waals surface area contributed by atoms with Gasteiger partial charge in [-0.3, -0.25) is 4.90 Å². The summed E-state index contributed by atoms with van der Waals surface area (Å²) in [5.41, 5.74) is 7.38. The first kappa shape index (κ1) is 15.6. The van der Waals surface area contributed by atoms with Crippen LogP contribution in [0.2, 0.25) is 0 Å². The van der Waals surface area contributed by atoms with Crippen LogP contribution in [-0.4, -0.2) is 48.9 Å². The summed E-state index contributed by atoms with van der Waals surface area (Å²) in [6.07, 6.45) is 1.29. The average molecular weight is 293 g/mol. The van der Waals surface area contributed by atoms with Crippen molar-refractivity contribution in [3.63, 3.8) is 0 Å². The molecular weight excluding hydrogens is 270 g/mol. The van der Waals surface area contributed by atoms with E-state index in [0.29, 0.717) is 17.4 Å². The van der Waals surface area contributed by atoms with Gasteiger partial charge in [-0.15, -0.1) is 0 Å². The fourth-order valence-corrected chi connectivity index (χ4v) is 2.81. The molecule has 0 aromatic heterocycles. The van der Waals surface area contributed by atoms with E-state index < -0.39 is 0 Å². The van der Waals surface area contributed by atoms with Gasteiger partial charge in [0.25, 0.3) is 0 Å². The highest BCUT2D eigenvalue weighted by Crippen LogP contribution is 2.23. The first-order valence-corrected chi connectivity index (χ1v) is 7.03. The normalized spacial score (nSPS) is 22.8. The summed E-state index contributed by atoms with van der Waals surface area (Å²) in [5.74, 6) is 0.642. The Bertz CT molecular complexity index is 519. The molecule has 2 rings (SSSR count). The number of ether oxygens (including phenoxy) is 2. The molecule has 1 heterocycles. The molecular formula is C15H23N3O3. The molecule has 0 bridgehead atoms. The van der Waals surface area contributed by atoms with Crippen LogP contribution >= 0.6 is 0 Å². The zero-order valence-electron chi connectivity index (χ0n) is 12.7. The van der Waals surface area contributed by atoms with Crippen molar-refractivity contribution in [2.24, 2.45) is 10.9 Å². The molecule has 1 aromatic rings. The lowest BCUT2D eigenvalue weighted by Gasteiger charge is -2.26. The molecule has 0 spiro atoms. The van der Waals surface area contributed by atoms with Gasteiger partial charge in [-0.05, 0) is 38.1 Å². The van der Waals surface area contributed by atoms with Crippen molar-refractivity contribution >= 4 is 5.84 Å². The molecule has 3 N–H and O–H groups in total. The summed E-state index contributed by atoms with van der Waals surface area (Å²) in [6.45, 7) is 3.69. The summed E-state index contributed by atoms with van der Waals surface area (Å²) < 4.78 is 10.8. The minimum atomic E-state index is 0.0499. The number of nitrogens with zero attached hydrogens (tertiary/aromatic N) is 2. The molecule has 1 aliphatic rings. The molecule has 6 heteroatoms. The Balaban J connectivity index is 2.17. The van der Waals surface area contributed by atoms with E-state index in [1.54, 1.807) is 7.11 Å². The number of nitrogens with two attached hydrogens (primary N) is 1. The van der Waals surface area contributed by atoms with Gasteiger partial charge < -0.3 is 20.4 Å². The van der Waals surface area contributed by atoms with E-state index in [-0.39, 0.29) is 11.9 Å². The van der Waals surface area contributed by atoms with Crippen LogP contribution in [0.4, 0.5) is 0 Å². The Morgan fingerprint density at radius 1 is 1.57 bits per heavy atom. The Morgan fingerprint density at radius 2 is 2.33 bits per heavy atom. The highest BCUT2D eigenvalue weighted by Gasteiger charge is 2.27. The van der Waals surface area contributed by atoms with Crippen LogP contribution in [0.15, 0.2) is 23.4 Å². The molecule has 1 fully saturated rings. The number of rotatable bonds is 5. The van der Waals surface area contributed by atoms with E-state index in [1.165, 1.54) is 0 Å². The van der Waals surface area contributed by atoms with Crippen molar-refractivity contribution in [3.05, 3.63) is 29.3 Å². The van der Waals surface area contributed by atoms with Crippen molar-refractivity contribution in [1.82, 2.24) is 4.90 Å². The van der Waals surface area contributed by atoms with Gasteiger partial charge in [0.05, 0.1) is 18.8 Å². The second kappa shape index (κ2) is 6.78. The minimum absolute atomic E-state index is 0.0499. The third-order valence-electron chi connectivity index (χ3n) is 3.98. The molecule has 1 aliphatic heterocycles. The third-order valence-corrected chi connectivity index (χ3v) is 3.98. The second-order valence-corrected chi connectivity index (χ2v) is 5.37. The molecule has 0 amide bonds. The van der Waals surface area contributed by atoms with Crippen LogP contribution in [0.1, 0.15) is 24.5 Å². The van der Waals surface area contributed by atoms with Gasteiger partial charge in [-0.2, -0.15) is 0 Å². The fourth-order valence-electron chi connectivity index (χ4n) is 2.81. The lowest BCUT2D eigenvalue weighted by atomic mass is 10.1. The monoisotopic (exact) mass is 293 g/mol. The molecule has 0 radical (unpaired) electrons. The zero-order chi connectivity index (χ0) is 15.4. The zero-order valence-corrected chi connectivity index (χ0v) is 12.7. The molecule has 0 saturated carbocycles. The van der Waals surface area contributed by atoms with Gasteiger partial charge >= 0.3 is 0 Å². The van der Waals surface area contributed by atoms with E-state index >= 15 is 0 Å². The fraction of sp³-hybridized carbons (Fsp3) is 0.533. The van der Waals surface area contributed by atoms with Gasteiger partial charge in [0.2, 0.25) is 0 Å². The third kappa shape index (κ3) is 3.46. The second-order valence-electron chi connectivity index (χ2n) is 5.37. The maximum Gasteiger partial charge on any atom is 0.173 e. The van der Waals surface area contributed by atoms with Crippen LogP contribution in [0, 0.1) is 0 Å². The highest BCUT2D eigenvalue weighted by molar-refractivity contribution is 5.99. The number of methoxy groups -OCH3 is 1. The van der Waals surface area contributed by atoms with E-state index in [9.17, 15) is 0 Å². The number of benzene rings is 1. The van der Waals surface area contributed by atoms with Crippen molar-refractivity contribution in [3.8, 4) is 5.75 Å². The van der Waals surface area contributed by atoms with E-state index in [2.05, 4.69) is 24.0 Å². The summed E-state index contributed by atoms with van der Waals surface area (Å²) in [4.78, 5) is 2.27. The predicted octanol–water partition coefficient (Wildman–Crippen LogP) is 1.40. The SMILES string of the molecule is COc1ccc(CN(C)C2CCOC2C)cc1/C(N)=N/O. The molecule has 6 nitrogen and oxygen atoms in total. The van der Waals surface area contributed by atoms with Crippen LogP contribution in [0.25, 0.3) is 0 Å². The van der Waals surface area contributed by atoms with E-state index in [0.717, 1.165) is 25.1 Å². The van der Waals surface area contributed by atoms with Crippen LogP contribution in [0.3, 0.4) is 0 Å². The number of likely N-dealkylation sites (N-methyl/N-ethyl adjacent to an activating group) is 1. The van der Waals surface area contributed by atoms with Crippen molar-refractivity contribution in [1.29, 1.82) is 0 Å². The molecule has 116 valence electrons. The Kier molecular flexibility index (Phi) is 5.03. The lowest BCUT2D eigenvalue weighted by Crippen LogP contribution is -2.36. The molecule has 2 unspecified atom stereocenters. The summed E-state index contributed by atoms with van der Waals surface area (Å²) in [5, 5.41) is 11.9. The number of hydrogen-bond acceptors (Lipinski definition) is 5. The topological polar surface area (TPSA) is 80.3 Å². The number of oxime groups is 1. The quantitative estimate of drug-likeness (QED) is 0.371. The van der Waals surface area contributed by atoms with Gasteiger partial charge in [0, 0.05) is 19.2 Å². The highest BCUT2D eigenvalue weighted by atomic mass is 16.5. The summed E-state index contributed by atoms with van der Waals surface area (Å²) >= 11 is 0. The van der Waals surface area contributed by atoms with Crippen molar-refractivity contribution in [2.75, 3.05) is 20.8 Å². The molecule has 1 saturated heterocycles. The smallest absolute Gasteiger partial charge is 0.173 e. The van der Waals surface area contributed by atoms with E-state index in [1.807, 2.05) is 18.2 Å². The van der Waals surface area contributed by atoms with Gasteiger partial charge in [0.15, 0.2) is 5.84 Å². The molecule has 2 atom stereocenters. The van der Waals surface area contributed by atoms with Gasteiger partial charge in [0.1, 0.15) is 5.75 Å². The molecule has 21 heavy (non-hydrogen) atoms. The number of amidine groups is 1. The Morgan fingerprint density at radius 3 is 2.90 bits per heavy atom. The summed E-state index contributed by atoms with van der Waals surface area (Å²) in [7, 11) is 3.65. The Labute approximate surface area is 125 Å². The van der Waals surface area contributed by atoms with Crippen LogP contribution < -0.4 is 10.5 Å². The lowest BCUT2D eigenvalue weighted by molar-refractivity contribution is 0.0814.